The molecule has 0 aliphatic heterocycles. The molecule has 0 amide bonds. The van der Waals surface area contributed by atoms with E-state index in [1.165, 1.54) is 0 Å². The van der Waals surface area contributed by atoms with E-state index in [0.717, 1.165) is 31.5 Å². The van der Waals surface area contributed by atoms with Gasteiger partial charge in [0.15, 0.2) is 0 Å². The lowest BCUT2D eigenvalue weighted by atomic mass is 10.0. The predicted molar refractivity (Wildman–Crippen MR) is 65.3 cm³/mol. The third kappa shape index (κ3) is 2.44. The monoisotopic (exact) mass is 221 g/mol. The summed E-state index contributed by atoms with van der Waals surface area (Å²) < 4.78 is 0. The number of nitrogen functional groups attached to an aromatic ring is 1. The van der Waals surface area contributed by atoms with Crippen molar-refractivity contribution in [1.29, 1.82) is 0 Å². The molecule has 0 bridgehead atoms. The zero-order chi connectivity index (χ0) is 11.6. The number of hydrogen-bond donors (Lipinski definition) is 2. The summed E-state index contributed by atoms with van der Waals surface area (Å²) in [5.74, 6) is 1.34. The molecule has 4 nitrogen and oxygen atoms in total. The van der Waals surface area contributed by atoms with Gasteiger partial charge in [0.1, 0.15) is 11.6 Å². The molecule has 0 spiro atoms. The van der Waals surface area contributed by atoms with Gasteiger partial charge in [-0.2, -0.15) is 0 Å². The number of likely N-dealkylation sites (N-methyl/N-ethyl adjacent to an activating group) is 1. The maximum absolute atomic E-state index is 10.3. The van der Waals surface area contributed by atoms with Gasteiger partial charge in [-0.25, -0.2) is 4.98 Å². The van der Waals surface area contributed by atoms with Crippen molar-refractivity contribution < 1.29 is 5.11 Å². The normalized spacial score (nSPS) is 18.6. The molecule has 1 heterocycles. The number of aromatic nitrogens is 1. The highest BCUT2D eigenvalue weighted by Gasteiger charge is 2.32. The van der Waals surface area contributed by atoms with E-state index in [0.29, 0.717) is 12.4 Å². The Morgan fingerprint density at radius 1 is 1.44 bits per heavy atom. The molecule has 0 atom stereocenters. The molecule has 1 aromatic rings. The van der Waals surface area contributed by atoms with Crippen molar-refractivity contribution >= 4 is 11.6 Å². The number of hydrogen-bond acceptors (Lipinski definition) is 4. The summed E-state index contributed by atoms with van der Waals surface area (Å²) in [7, 11) is 1.94. The summed E-state index contributed by atoms with van der Waals surface area (Å²) in [5.41, 5.74) is 5.10. The first kappa shape index (κ1) is 11.2. The second-order valence-electron chi connectivity index (χ2n) is 4.71. The third-order valence-electron chi connectivity index (χ3n) is 3.21. The fourth-order valence-electron chi connectivity index (χ4n) is 2.37. The number of aliphatic hydroxyl groups is 1. The minimum absolute atomic E-state index is 0.516. The van der Waals surface area contributed by atoms with Gasteiger partial charge in [0.25, 0.3) is 0 Å². The van der Waals surface area contributed by atoms with Crippen LogP contribution in [0, 0.1) is 0 Å². The Morgan fingerprint density at radius 3 is 2.75 bits per heavy atom. The maximum Gasteiger partial charge on any atom is 0.130 e. The summed E-state index contributed by atoms with van der Waals surface area (Å²) >= 11 is 0. The summed E-state index contributed by atoms with van der Waals surface area (Å²) in [6.45, 7) is 0.628. The van der Waals surface area contributed by atoms with Crippen LogP contribution in [0.4, 0.5) is 11.6 Å². The standard InChI is InChI=1S/C12H19N3O/c1-15(9-12(16)7-2-3-8-12)11-6-4-5-10(13)14-11/h4-6,16H,2-3,7-9H2,1H3,(H2,13,14). The van der Waals surface area contributed by atoms with E-state index in [2.05, 4.69) is 4.98 Å². The first-order valence-corrected chi connectivity index (χ1v) is 5.75. The van der Waals surface area contributed by atoms with Gasteiger partial charge < -0.3 is 15.7 Å². The smallest absolute Gasteiger partial charge is 0.130 e. The van der Waals surface area contributed by atoms with Crippen LogP contribution >= 0.6 is 0 Å². The molecule has 1 aromatic heterocycles. The molecule has 88 valence electrons. The fraction of sp³-hybridized carbons (Fsp3) is 0.583. The van der Waals surface area contributed by atoms with E-state index < -0.39 is 5.60 Å². The number of nitrogens with zero attached hydrogens (tertiary/aromatic N) is 2. The highest BCUT2D eigenvalue weighted by molar-refractivity contribution is 5.44. The largest absolute Gasteiger partial charge is 0.388 e. The van der Waals surface area contributed by atoms with Gasteiger partial charge in [-0.15, -0.1) is 0 Å². The molecule has 3 N–H and O–H groups in total. The van der Waals surface area contributed by atoms with Gasteiger partial charge in [0, 0.05) is 13.6 Å². The van der Waals surface area contributed by atoms with Crippen molar-refractivity contribution in [2.45, 2.75) is 31.3 Å². The summed E-state index contributed by atoms with van der Waals surface area (Å²) in [6.07, 6.45) is 4.02. The highest BCUT2D eigenvalue weighted by Crippen LogP contribution is 2.30. The van der Waals surface area contributed by atoms with E-state index in [9.17, 15) is 5.11 Å². The molecule has 1 aliphatic rings. The van der Waals surface area contributed by atoms with E-state index in [1.807, 2.05) is 24.1 Å². The third-order valence-corrected chi connectivity index (χ3v) is 3.21. The van der Waals surface area contributed by atoms with E-state index in [4.69, 9.17) is 5.73 Å². The Kier molecular flexibility index (Phi) is 3.01. The first-order chi connectivity index (χ1) is 7.59. The lowest BCUT2D eigenvalue weighted by Gasteiger charge is -2.29. The van der Waals surface area contributed by atoms with Crippen molar-refractivity contribution in [2.24, 2.45) is 0 Å². The minimum atomic E-state index is -0.541. The van der Waals surface area contributed by atoms with Crippen LogP contribution in [-0.2, 0) is 0 Å². The van der Waals surface area contributed by atoms with Crippen molar-refractivity contribution in [3.05, 3.63) is 18.2 Å². The van der Waals surface area contributed by atoms with Gasteiger partial charge in [0.05, 0.1) is 5.60 Å². The van der Waals surface area contributed by atoms with Crippen LogP contribution in [0.15, 0.2) is 18.2 Å². The predicted octanol–water partition coefficient (Wildman–Crippen LogP) is 1.41. The van der Waals surface area contributed by atoms with Crippen LogP contribution in [0.2, 0.25) is 0 Å². The lowest BCUT2D eigenvalue weighted by molar-refractivity contribution is 0.0558. The molecule has 4 heteroatoms. The minimum Gasteiger partial charge on any atom is -0.388 e. The molecule has 0 radical (unpaired) electrons. The van der Waals surface area contributed by atoms with Gasteiger partial charge in [-0.3, -0.25) is 0 Å². The Balaban J connectivity index is 2.05. The van der Waals surface area contributed by atoms with Crippen molar-refractivity contribution in [1.82, 2.24) is 4.98 Å². The van der Waals surface area contributed by atoms with Crippen molar-refractivity contribution in [2.75, 3.05) is 24.2 Å². The average molecular weight is 221 g/mol. The zero-order valence-corrected chi connectivity index (χ0v) is 9.69. The first-order valence-electron chi connectivity index (χ1n) is 5.75. The van der Waals surface area contributed by atoms with Gasteiger partial charge in [-0.05, 0) is 25.0 Å². The quantitative estimate of drug-likeness (QED) is 0.810. The Hall–Kier alpha value is -1.29. The second-order valence-corrected chi connectivity index (χ2v) is 4.71. The average Bonchev–Trinajstić information content (AvgIpc) is 2.65. The molecular formula is C12H19N3O. The maximum atomic E-state index is 10.3. The molecule has 1 fully saturated rings. The number of nitrogens with two attached hydrogens (primary N) is 1. The van der Waals surface area contributed by atoms with Crippen LogP contribution in [0.1, 0.15) is 25.7 Å². The molecular weight excluding hydrogens is 202 g/mol. The Labute approximate surface area is 96.1 Å². The molecule has 2 rings (SSSR count). The fourth-order valence-corrected chi connectivity index (χ4v) is 2.37. The molecule has 0 saturated heterocycles. The van der Waals surface area contributed by atoms with Gasteiger partial charge in [0.2, 0.25) is 0 Å². The topological polar surface area (TPSA) is 62.4 Å². The van der Waals surface area contributed by atoms with Crippen LogP contribution in [0.5, 0.6) is 0 Å². The van der Waals surface area contributed by atoms with E-state index >= 15 is 0 Å². The highest BCUT2D eigenvalue weighted by atomic mass is 16.3. The molecule has 16 heavy (non-hydrogen) atoms. The number of pyridine rings is 1. The second kappa shape index (κ2) is 4.29. The van der Waals surface area contributed by atoms with Crippen LogP contribution in [0.25, 0.3) is 0 Å². The van der Waals surface area contributed by atoms with Crippen molar-refractivity contribution in [3.63, 3.8) is 0 Å². The summed E-state index contributed by atoms with van der Waals surface area (Å²) in [6, 6.07) is 5.56. The van der Waals surface area contributed by atoms with E-state index in [1.54, 1.807) is 6.07 Å². The Bertz CT molecular complexity index is 361. The van der Waals surface area contributed by atoms with Crippen molar-refractivity contribution in [3.8, 4) is 0 Å². The van der Waals surface area contributed by atoms with Crippen LogP contribution < -0.4 is 10.6 Å². The number of anilines is 2. The lowest BCUT2D eigenvalue weighted by Crippen LogP contribution is -2.39. The summed E-state index contributed by atoms with van der Waals surface area (Å²) in [5, 5.41) is 10.3. The van der Waals surface area contributed by atoms with Gasteiger partial charge >= 0.3 is 0 Å². The van der Waals surface area contributed by atoms with Crippen LogP contribution in [0.3, 0.4) is 0 Å². The molecule has 1 aliphatic carbocycles. The Morgan fingerprint density at radius 2 is 2.12 bits per heavy atom. The van der Waals surface area contributed by atoms with Gasteiger partial charge in [-0.1, -0.05) is 18.9 Å². The van der Waals surface area contributed by atoms with Crippen LogP contribution in [-0.4, -0.2) is 29.3 Å². The van der Waals surface area contributed by atoms with E-state index in [-0.39, 0.29) is 0 Å². The summed E-state index contributed by atoms with van der Waals surface area (Å²) in [4.78, 5) is 6.21. The zero-order valence-electron chi connectivity index (χ0n) is 9.69. The molecule has 1 saturated carbocycles. The number of rotatable bonds is 3. The molecule has 0 unspecified atom stereocenters. The molecule has 0 aromatic carbocycles. The SMILES string of the molecule is CN(CC1(O)CCCC1)c1cccc(N)n1.